The predicted octanol–water partition coefficient (Wildman–Crippen LogP) is 0.908. The van der Waals surface area contributed by atoms with Crippen LogP contribution in [0.2, 0.25) is 0 Å². The maximum absolute atomic E-state index is 9.05. The fourth-order valence-electron chi connectivity index (χ4n) is 0.666. The SMILES string of the molecule is CSc1cc(O)ccc1[As]. The Morgan fingerprint density at radius 3 is 2.70 bits per heavy atom. The summed E-state index contributed by atoms with van der Waals surface area (Å²) in [6.07, 6.45) is 1.99. The van der Waals surface area contributed by atoms with Gasteiger partial charge >= 0.3 is 73.2 Å². The van der Waals surface area contributed by atoms with Crippen molar-refractivity contribution in [3.63, 3.8) is 0 Å². The van der Waals surface area contributed by atoms with Crippen molar-refractivity contribution in [1.82, 2.24) is 0 Å². The van der Waals surface area contributed by atoms with Crippen molar-refractivity contribution in [2.45, 2.75) is 4.90 Å². The van der Waals surface area contributed by atoms with Crippen LogP contribution in [0.1, 0.15) is 0 Å². The van der Waals surface area contributed by atoms with Crippen LogP contribution in [0.5, 0.6) is 5.75 Å². The van der Waals surface area contributed by atoms with E-state index in [4.69, 9.17) is 5.11 Å². The van der Waals surface area contributed by atoms with Gasteiger partial charge in [0.2, 0.25) is 0 Å². The van der Waals surface area contributed by atoms with Gasteiger partial charge in [-0.05, 0) is 0 Å². The molecule has 0 aliphatic rings. The minimum atomic E-state index is 0.333. The van der Waals surface area contributed by atoms with E-state index in [1.807, 2.05) is 12.3 Å². The van der Waals surface area contributed by atoms with E-state index < -0.39 is 0 Å². The van der Waals surface area contributed by atoms with E-state index in [1.54, 1.807) is 23.9 Å². The Kier molecular flexibility index (Phi) is 2.70. The predicted molar refractivity (Wildman–Crippen MR) is 45.3 cm³/mol. The third kappa shape index (κ3) is 1.71. The molecule has 0 spiro atoms. The zero-order chi connectivity index (χ0) is 7.56. The van der Waals surface area contributed by atoms with Gasteiger partial charge in [-0.1, -0.05) is 0 Å². The molecule has 0 aromatic heterocycles. The van der Waals surface area contributed by atoms with E-state index in [0.717, 1.165) is 9.25 Å². The van der Waals surface area contributed by atoms with Crippen LogP contribution in [-0.4, -0.2) is 28.2 Å². The number of phenolic OH excluding ortho intramolecular Hbond substituents is 1. The molecular weight excluding hydrogens is 207 g/mol. The van der Waals surface area contributed by atoms with Crippen molar-refractivity contribution in [1.29, 1.82) is 0 Å². The molecule has 2 radical (unpaired) electrons. The van der Waals surface area contributed by atoms with Crippen LogP contribution in [0.25, 0.3) is 0 Å². The van der Waals surface area contributed by atoms with E-state index in [0.29, 0.717) is 5.75 Å². The van der Waals surface area contributed by atoms with Crippen molar-refractivity contribution in [3.8, 4) is 5.75 Å². The first-order valence-electron chi connectivity index (χ1n) is 2.80. The molecule has 1 aromatic rings. The van der Waals surface area contributed by atoms with E-state index >= 15 is 0 Å². The molecule has 3 heteroatoms. The molecule has 0 heterocycles. The van der Waals surface area contributed by atoms with Gasteiger partial charge in [-0.3, -0.25) is 0 Å². The van der Waals surface area contributed by atoms with Gasteiger partial charge in [-0.15, -0.1) is 0 Å². The first-order chi connectivity index (χ1) is 4.74. The number of rotatable bonds is 1. The summed E-state index contributed by atoms with van der Waals surface area (Å²) in [4.78, 5) is 1.11. The summed E-state index contributed by atoms with van der Waals surface area (Å²) < 4.78 is 1.15. The molecule has 0 atom stereocenters. The zero-order valence-corrected chi connectivity index (χ0v) is 8.23. The van der Waals surface area contributed by atoms with Crippen LogP contribution in [0, 0.1) is 0 Å². The monoisotopic (exact) mass is 214 g/mol. The van der Waals surface area contributed by atoms with Gasteiger partial charge in [-0.2, -0.15) is 0 Å². The van der Waals surface area contributed by atoms with Gasteiger partial charge in [-0.25, -0.2) is 0 Å². The standard InChI is InChI=1S/C7H7AsOS/c1-10-7-4-5(9)2-3-6(7)8/h2-4,9H,1H3. The molecule has 52 valence electrons. The quantitative estimate of drug-likeness (QED) is 0.553. The second-order valence-electron chi connectivity index (χ2n) is 1.86. The molecule has 0 saturated heterocycles. The van der Waals surface area contributed by atoms with Crippen molar-refractivity contribution < 1.29 is 5.11 Å². The molecule has 1 aromatic carbocycles. The average molecular weight is 214 g/mol. The van der Waals surface area contributed by atoms with Crippen molar-refractivity contribution in [2.24, 2.45) is 0 Å². The molecule has 1 nitrogen and oxygen atoms in total. The average Bonchev–Trinajstić information content (AvgIpc) is 1.94. The Labute approximate surface area is 73.3 Å². The van der Waals surface area contributed by atoms with Crippen molar-refractivity contribution in [2.75, 3.05) is 6.26 Å². The third-order valence-corrected chi connectivity index (χ3v) is 3.09. The molecule has 1 rings (SSSR count). The summed E-state index contributed by atoms with van der Waals surface area (Å²) in [7, 11) is 0. The second kappa shape index (κ2) is 3.36. The van der Waals surface area contributed by atoms with Crippen LogP contribution >= 0.6 is 11.8 Å². The Balaban J connectivity index is 3.09. The summed E-state index contributed by atoms with van der Waals surface area (Å²) >= 11 is 4.11. The third-order valence-electron chi connectivity index (χ3n) is 1.16. The van der Waals surface area contributed by atoms with Gasteiger partial charge in [0, 0.05) is 0 Å². The zero-order valence-electron chi connectivity index (χ0n) is 5.53. The normalized spacial score (nSPS) is 9.80. The Hall–Kier alpha value is -0.0716. The fraction of sp³-hybridized carbons (Fsp3) is 0.143. The van der Waals surface area contributed by atoms with Gasteiger partial charge in [0.25, 0.3) is 0 Å². The van der Waals surface area contributed by atoms with Gasteiger partial charge in [0.15, 0.2) is 0 Å². The summed E-state index contributed by atoms with van der Waals surface area (Å²) in [6, 6.07) is 5.34. The van der Waals surface area contributed by atoms with E-state index in [1.165, 1.54) is 0 Å². The van der Waals surface area contributed by atoms with Crippen molar-refractivity contribution in [3.05, 3.63) is 18.2 Å². The van der Waals surface area contributed by atoms with Crippen LogP contribution in [-0.2, 0) is 0 Å². The summed E-state index contributed by atoms with van der Waals surface area (Å²) in [5.74, 6) is 0.333. The first kappa shape index (κ1) is 8.03. The number of phenols is 1. The van der Waals surface area contributed by atoms with Gasteiger partial charge in [0.05, 0.1) is 0 Å². The summed E-state index contributed by atoms with van der Waals surface area (Å²) in [5, 5.41) is 9.05. The molecule has 10 heavy (non-hydrogen) atoms. The molecule has 0 fully saturated rings. The number of thioether (sulfide) groups is 1. The summed E-state index contributed by atoms with van der Waals surface area (Å²) in [6.45, 7) is 0. The first-order valence-corrected chi connectivity index (χ1v) is 4.96. The number of hydrogen-bond donors (Lipinski definition) is 1. The van der Waals surface area contributed by atoms with Crippen LogP contribution < -0.4 is 4.35 Å². The maximum atomic E-state index is 9.05. The van der Waals surface area contributed by atoms with Crippen molar-refractivity contribution >= 4 is 33.0 Å². The fourth-order valence-corrected chi connectivity index (χ4v) is 2.05. The molecule has 0 saturated carbocycles. The van der Waals surface area contributed by atoms with Crippen LogP contribution in [0.15, 0.2) is 23.1 Å². The molecule has 0 bridgehead atoms. The van der Waals surface area contributed by atoms with E-state index in [2.05, 4.69) is 16.9 Å². The Morgan fingerprint density at radius 1 is 1.50 bits per heavy atom. The van der Waals surface area contributed by atoms with Crippen LogP contribution in [0.4, 0.5) is 0 Å². The Morgan fingerprint density at radius 2 is 2.20 bits per heavy atom. The molecule has 0 aliphatic heterocycles. The molecule has 1 N–H and O–H groups in total. The molecular formula is C7H7AsOS. The second-order valence-corrected chi connectivity index (χ2v) is 3.72. The number of aromatic hydroxyl groups is 1. The van der Waals surface area contributed by atoms with Crippen LogP contribution in [0.3, 0.4) is 0 Å². The molecule has 0 aliphatic carbocycles. The number of benzene rings is 1. The van der Waals surface area contributed by atoms with E-state index in [-0.39, 0.29) is 0 Å². The molecule has 0 unspecified atom stereocenters. The topological polar surface area (TPSA) is 20.2 Å². The van der Waals surface area contributed by atoms with Gasteiger partial charge in [0.1, 0.15) is 0 Å². The van der Waals surface area contributed by atoms with Gasteiger partial charge < -0.3 is 0 Å². The van der Waals surface area contributed by atoms with E-state index in [9.17, 15) is 0 Å². The summed E-state index contributed by atoms with van der Waals surface area (Å²) in [5.41, 5.74) is 0. The minimum absolute atomic E-state index is 0.333. The Bertz CT molecular complexity index is 237. The number of hydrogen-bond acceptors (Lipinski definition) is 2. The molecule has 0 amide bonds.